The van der Waals surface area contributed by atoms with Crippen LogP contribution in [0.1, 0.15) is 43.4 Å². The molecule has 0 aliphatic rings. The monoisotopic (exact) mass is 247 g/mol. The van der Waals surface area contributed by atoms with Crippen LogP contribution < -0.4 is 5.73 Å². The molecule has 0 saturated heterocycles. The lowest BCUT2D eigenvalue weighted by Crippen LogP contribution is -2.10. The molecule has 0 unspecified atom stereocenters. The number of unbranched alkanes of at least 4 members (excludes halogenated alkanes) is 1. The highest BCUT2D eigenvalue weighted by Gasteiger charge is 2.06. The first-order chi connectivity index (χ1) is 6.65. The molecule has 15 heavy (non-hydrogen) atoms. The molecule has 1 nitrogen and oxygen atoms in total. The molecular weight excluding hydrogens is 229 g/mol. The van der Waals surface area contributed by atoms with Crippen LogP contribution in [0.3, 0.4) is 0 Å². The molecule has 86 valence electrons. The molecular formula is C12H19Cl2N. The SMILES string of the molecule is CCCC[C@@H](N)c1ccc(Cl)c(C)c1.Cl. The molecule has 2 N–H and O–H groups in total. The molecule has 1 aromatic carbocycles. The third kappa shape index (κ3) is 4.42. The zero-order valence-corrected chi connectivity index (χ0v) is 10.9. The third-order valence-corrected chi connectivity index (χ3v) is 2.90. The van der Waals surface area contributed by atoms with Gasteiger partial charge in [0.25, 0.3) is 0 Å². The van der Waals surface area contributed by atoms with Crippen molar-refractivity contribution in [3.8, 4) is 0 Å². The van der Waals surface area contributed by atoms with E-state index >= 15 is 0 Å². The predicted octanol–water partition coefficient (Wildman–Crippen LogP) is 4.26. The molecule has 0 bridgehead atoms. The minimum atomic E-state index is 0. The van der Waals surface area contributed by atoms with Gasteiger partial charge in [-0.25, -0.2) is 0 Å². The molecule has 1 rings (SSSR count). The Hall–Kier alpha value is -0.240. The lowest BCUT2D eigenvalue weighted by Gasteiger charge is -2.12. The first-order valence-corrected chi connectivity index (χ1v) is 5.54. The summed E-state index contributed by atoms with van der Waals surface area (Å²) in [5, 5.41) is 0.816. The van der Waals surface area contributed by atoms with Gasteiger partial charge in [0.2, 0.25) is 0 Å². The van der Waals surface area contributed by atoms with Crippen LogP contribution in [0, 0.1) is 6.92 Å². The fourth-order valence-electron chi connectivity index (χ4n) is 1.49. The number of aryl methyl sites for hydroxylation is 1. The van der Waals surface area contributed by atoms with E-state index in [4.69, 9.17) is 17.3 Å². The van der Waals surface area contributed by atoms with Gasteiger partial charge in [0.1, 0.15) is 0 Å². The first-order valence-electron chi connectivity index (χ1n) is 5.16. The summed E-state index contributed by atoms with van der Waals surface area (Å²) < 4.78 is 0. The van der Waals surface area contributed by atoms with E-state index < -0.39 is 0 Å². The lowest BCUT2D eigenvalue weighted by molar-refractivity contribution is 0.603. The Morgan fingerprint density at radius 2 is 2.07 bits per heavy atom. The number of rotatable bonds is 4. The third-order valence-electron chi connectivity index (χ3n) is 2.48. The van der Waals surface area contributed by atoms with Gasteiger partial charge in [-0.2, -0.15) is 0 Å². The van der Waals surface area contributed by atoms with Crippen LogP contribution in [-0.2, 0) is 0 Å². The van der Waals surface area contributed by atoms with Crippen LogP contribution in [0.25, 0.3) is 0 Å². The maximum atomic E-state index is 6.06. The summed E-state index contributed by atoms with van der Waals surface area (Å²) in [4.78, 5) is 0. The summed E-state index contributed by atoms with van der Waals surface area (Å²) in [5.41, 5.74) is 8.36. The van der Waals surface area contributed by atoms with E-state index in [2.05, 4.69) is 13.0 Å². The van der Waals surface area contributed by atoms with E-state index in [1.807, 2.05) is 19.1 Å². The number of benzene rings is 1. The van der Waals surface area contributed by atoms with Crippen molar-refractivity contribution in [2.75, 3.05) is 0 Å². The maximum absolute atomic E-state index is 6.06. The standard InChI is InChI=1S/C12H18ClN.ClH/c1-3-4-5-12(14)10-6-7-11(13)9(2)8-10;/h6-8,12H,3-5,14H2,1-2H3;1H/t12-;/m1./s1. The average Bonchev–Trinajstić information content (AvgIpc) is 2.18. The van der Waals surface area contributed by atoms with Crippen molar-refractivity contribution in [1.82, 2.24) is 0 Å². The van der Waals surface area contributed by atoms with E-state index in [-0.39, 0.29) is 18.4 Å². The highest BCUT2D eigenvalue weighted by molar-refractivity contribution is 6.31. The van der Waals surface area contributed by atoms with Crippen molar-refractivity contribution in [1.29, 1.82) is 0 Å². The second-order valence-electron chi connectivity index (χ2n) is 3.76. The van der Waals surface area contributed by atoms with E-state index in [0.29, 0.717) is 0 Å². The van der Waals surface area contributed by atoms with Gasteiger partial charge >= 0.3 is 0 Å². The first kappa shape index (κ1) is 14.8. The molecule has 0 saturated carbocycles. The smallest absolute Gasteiger partial charge is 0.0435 e. The highest BCUT2D eigenvalue weighted by Crippen LogP contribution is 2.22. The summed E-state index contributed by atoms with van der Waals surface area (Å²) >= 11 is 5.95. The number of hydrogen-bond acceptors (Lipinski definition) is 1. The van der Waals surface area contributed by atoms with E-state index in [1.54, 1.807) is 0 Å². The van der Waals surface area contributed by atoms with E-state index in [0.717, 1.165) is 17.0 Å². The van der Waals surface area contributed by atoms with Crippen molar-refractivity contribution in [2.24, 2.45) is 5.73 Å². The molecule has 1 atom stereocenters. The summed E-state index contributed by atoms with van der Waals surface area (Å²) in [6, 6.07) is 6.20. The summed E-state index contributed by atoms with van der Waals surface area (Å²) in [6.45, 7) is 4.19. The number of nitrogens with two attached hydrogens (primary N) is 1. The Bertz CT molecular complexity index is 300. The van der Waals surface area contributed by atoms with Crippen LogP contribution in [0.5, 0.6) is 0 Å². The maximum Gasteiger partial charge on any atom is 0.0435 e. The molecule has 0 fully saturated rings. The second-order valence-corrected chi connectivity index (χ2v) is 4.16. The summed E-state index contributed by atoms with van der Waals surface area (Å²) in [7, 11) is 0. The van der Waals surface area contributed by atoms with Crippen molar-refractivity contribution >= 4 is 24.0 Å². The van der Waals surface area contributed by atoms with Gasteiger partial charge in [0, 0.05) is 11.1 Å². The topological polar surface area (TPSA) is 26.0 Å². The van der Waals surface area contributed by atoms with Gasteiger partial charge in [0.15, 0.2) is 0 Å². The molecule has 0 aliphatic heterocycles. The van der Waals surface area contributed by atoms with E-state index in [9.17, 15) is 0 Å². The van der Waals surface area contributed by atoms with Crippen LogP contribution >= 0.6 is 24.0 Å². The Kier molecular flexibility index (Phi) is 6.99. The molecule has 0 aliphatic carbocycles. The normalized spacial score (nSPS) is 12.0. The Morgan fingerprint density at radius 1 is 1.40 bits per heavy atom. The Morgan fingerprint density at radius 3 is 2.60 bits per heavy atom. The minimum absolute atomic E-state index is 0. The average molecular weight is 248 g/mol. The molecule has 0 amide bonds. The van der Waals surface area contributed by atoms with Crippen LogP contribution in [0.15, 0.2) is 18.2 Å². The van der Waals surface area contributed by atoms with Crippen molar-refractivity contribution < 1.29 is 0 Å². The lowest BCUT2D eigenvalue weighted by atomic mass is 10.0. The fourth-order valence-corrected chi connectivity index (χ4v) is 1.61. The molecule has 0 spiro atoms. The van der Waals surface area contributed by atoms with Gasteiger partial charge in [0.05, 0.1) is 0 Å². The zero-order chi connectivity index (χ0) is 10.6. The number of halogens is 2. The zero-order valence-electron chi connectivity index (χ0n) is 9.29. The van der Waals surface area contributed by atoms with Crippen molar-refractivity contribution in [2.45, 2.75) is 39.2 Å². The van der Waals surface area contributed by atoms with Gasteiger partial charge in [-0.05, 0) is 30.5 Å². The van der Waals surface area contributed by atoms with Gasteiger partial charge in [-0.3, -0.25) is 0 Å². The number of hydrogen-bond donors (Lipinski definition) is 1. The predicted molar refractivity (Wildman–Crippen MR) is 69.9 cm³/mol. The van der Waals surface area contributed by atoms with Gasteiger partial charge in [-0.15, -0.1) is 12.4 Å². The van der Waals surface area contributed by atoms with Gasteiger partial charge < -0.3 is 5.73 Å². The molecule has 0 heterocycles. The highest BCUT2D eigenvalue weighted by atomic mass is 35.5. The quantitative estimate of drug-likeness (QED) is 0.846. The van der Waals surface area contributed by atoms with Crippen LogP contribution in [-0.4, -0.2) is 0 Å². The summed E-state index contributed by atoms with van der Waals surface area (Å²) in [6.07, 6.45) is 3.43. The van der Waals surface area contributed by atoms with Crippen LogP contribution in [0.4, 0.5) is 0 Å². The largest absolute Gasteiger partial charge is 0.324 e. The second kappa shape index (κ2) is 7.10. The molecule has 3 heteroatoms. The Balaban J connectivity index is 0.00000196. The summed E-state index contributed by atoms with van der Waals surface area (Å²) in [5.74, 6) is 0. The van der Waals surface area contributed by atoms with Crippen molar-refractivity contribution in [3.63, 3.8) is 0 Å². The van der Waals surface area contributed by atoms with Crippen LogP contribution in [0.2, 0.25) is 5.02 Å². The molecule has 0 radical (unpaired) electrons. The Labute approximate surface area is 103 Å². The van der Waals surface area contributed by atoms with E-state index in [1.165, 1.54) is 18.4 Å². The molecule has 0 aromatic heterocycles. The van der Waals surface area contributed by atoms with Crippen molar-refractivity contribution in [3.05, 3.63) is 34.3 Å². The fraction of sp³-hybridized carbons (Fsp3) is 0.500. The minimum Gasteiger partial charge on any atom is -0.324 e. The molecule has 1 aromatic rings. The van der Waals surface area contributed by atoms with Gasteiger partial charge in [-0.1, -0.05) is 43.5 Å².